The summed E-state index contributed by atoms with van der Waals surface area (Å²) in [5.41, 5.74) is 0.692. The number of amides is 2. The summed E-state index contributed by atoms with van der Waals surface area (Å²) in [7, 11) is 2.15. The predicted octanol–water partition coefficient (Wildman–Crippen LogP) is 3.51. The molecule has 1 aliphatic heterocycles. The fourth-order valence-corrected chi connectivity index (χ4v) is 4.01. The van der Waals surface area contributed by atoms with Crippen molar-refractivity contribution in [3.63, 3.8) is 0 Å². The summed E-state index contributed by atoms with van der Waals surface area (Å²) in [6, 6.07) is 11.4. The van der Waals surface area contributed by atoms with Crippen LogP contribution in [0, 0.1) is 0 Å². The molecule has 134 valence electrons. The number of nitrogens with one attached hydrogen (secondary N) is 2. The van der Waals surface area contributed by atoms with E-state index in [9.17, 15) is 4.79 Å². The van der Waals surface area contributed by atoms with Crippen LogP contribution in [0.1, 0.15) is 10.9 Å². The van der Waals surface area contributed by atoms with Gasteiger partial charge in [-0.15, -0.1) is 11.3 Å². The number of carbonyl (C=O) groups is 1. The molecule has 1 aromatic heterocycles. The Balaban J connectivity index is 1.59. The van der Waals surface area contributed by atoms with E-state index in [0.717, 1.165) is 26.2 Å². The lowest BCUT2D eigenvalue weighted by Crippen LogP contribution is -2.48. The van der Waals surface area contributed by atoms with Gasteiger partial charge in [-0.1, -0.05) is 23.7 Å². The number of hydrogen-bond donors (Lipinski definition) is 2. The Bertz CT molecular complexity index is 686. The van der Waals surface area contributed by atoms with Crippen LogP contribution in [0.2, 0.25) is 5.02 Å². The Hall–Kier alpha value is -1.60. The van der Waals surface area contributed by atoms with Gasteiger partial charge < -0.3 is 15.5 Å². The molecule has 1 saturated heterocycles. The third kappa shape index (κ3) is 5.19. The Morgan fingerprint density at radius 1 is 1.24 bits per heavy atom. The second-order valence-electron chi connectivity index (χ2n) is 6.22. The van der Waals surface area contributed by atoms with Crippen LogP contribution < -0.4 is 10.6 Å². The van der Waals surface area contributed by atoms with Gasteiger partial charge in [-0.05, 0) is 36.7 Å². The Morgan fingerprint density at radius 3 is 2.72 bits per heavy atom. The summed E-state index contributed by atoms with van der Waals surface area (Å²) in [4.78, 5) is 18.3. The van der Waals surface area contributed by atoms with Crippen molar-refractivity contribution in [3.05, 3.63) is 51.7 Å². The molecule has 0 radical (unpaired) electrons. The van der Waals surface area contributed by atoms with E-state index >= 15 is 0 Å². The predicted molar refractivity (Wildman–Crippen MR) is 105 cm³/mol. The van der Waals surface area contributed by atoms with E-state index in [1.54, 1.807) is 23.5 Å². The summed E-state index contributed by atoms with van der Waals surface area (Å²) in [6.07, 6.45) is 0. The first-order valence-corrected chi connectivity index (χ1v) is 9.64. The topological polar surface area (TPSA) is 47.6 Å². The number of hydrogen-bond acceptors (Lipinski definition) is 4. The molecule has 0 unspecified atom stereocenters. The third-order valence-electron chi connectivity index (χ3n) is 4.39. The minimum Gasteiger partial charge on any atom is -0.336 e. The lowest BCUT2D eigenvalue weighted by molar-refractivity contribution is 0.113. The Kier molecular flexibility index (Phi) is 6.31. The van der Waals surface area contributed by atoms with Crippen molar-refractivity contribution in [3.8, 4) is 0 Å². The summed E-state index contributed by atoms with van der Waals surface area (Å²) in [6.45, 7) is 4.71. The molecule has 1 aliphatic rings. The first-order valence-electron chi connectivity index (χ1n) is 8.38. The largest absolute Gasteiger partial charge is 0.336 e. The summed E-state index contributed by atoms with van der Waals surface area (Å²) >= 11 is 7.69. The number of thiophene rings is 1. The van der Waals surface area contributed by atoms with E-state index in [4.69, 9.17) is 11.6 Å². The third-order valence-corrected chi connectivity index (χ3v) is 5.60. The molecule has 25 heavy (non-hydrogen) atoms. The normalized spacial score (nSPS) is 17.2. The fourth-order valence-electron chi connectivity index (χ4n) is 2.95. The zero-order chi connectivity index (χ0) is 17.6. The van der Waals surface area contributed by atoms with Crippen molar-refractivity contribution in [2.24, 2.45) is 0 Å². The average Bonchev–Trinajstić information content (AvgIpc) is 3.11. The van der Waals surface area contributed by atoms with Crippen molar-refractivity contribution in [1.82, 2.24) is 15.1 Å². The molecular weight excluding hydrogens is 356 g/mol. The average molecular weight is 379 g/mol. The van der Waals surface area contributed by atoms with Crippen LogP contribution in [-0.4, -0.2) is 55.6 Å². The van der Waals surface area contributed by atoms with E-state index in [1.165, 1.54) is 4.88 Å². The van der Waals surface area contributed by atoms with Gasteiger partial charge >= 0.3 is 6.03 Å². The number of likely N-dealkylation sites (N-methyl/N-ethyl adjacent to an activating group) is 1. The van der Waals surface area contributed by atoms with Crippen LogP contribution in [0.3, 0.4) is 0 Å². The zero-order valence-corrected chi connectivity index (χ0v) is 15.8. The van der Waals surface area contributed by atoms with Gasteiger partial charge in [0.25, 0.3) is 0 Å². The van der Waals surface area contributed by atoms with E-state index in [0.29, 0.717) is 17.3 Å². The lowest BCUT2D eigenvalue weighted by Gasteiger charge is -2.37. The molecule has 3 rings (SSSR count). The number of carbonyl (C=O) groups excluding carboxylic acids is 1. The van der Waals surface area contributed by atoms with Crippen LogP contribution in [0.4, 0.5) is 10.5 Å². The molecule has 0 bridgehead atoms. The quantitative estimate of drug-likeness (QED) is 0.836. The summed E-state index contributed by atoms with van der Waals surface area (Å²) in [5.74, 6) is 0. The highest BCUT2D eigenvalue weighted by Crippen LogP contribution is 2.25. The smallest absolute Gasteiger partial charge is 0.319 e. The molecule has 0 spiro atoms. The highest BCUT2D eigenvalue weighted by atomic mass is 35.5. The van der Waals surface area contributed by atoms with Crippen molar-refractivity contribution in [1.29, 1.82) is 0 Å². The molecule has 2 heterocycles. The molecule has 2 N–H and O–H groups in total. The first kappa shape index (κ1) is 18.2. The first-order chi connectivity index (χ1) is 12.1. The van der Waals surface area contributed by atoms with Crippen molar-refractivity contribution >= 4 is 34.7 Å². The standard InChI is InChI=1S/C18H23ClN4OS/c1-22-7-9-23(10-8-22)16(17-6-3-11-25-17)13-20-18(24)21-15-5-2-4-14(19)12-15/h2-6,11-12,16H,7-10,13H2,1H3,(H2,20,21,24)/t16-/m1/s1. The van der Waals surface area contributed by atoms with Crippen molar-refractivity contribution in [2.45, 2.75) is 6.04 Å². The van der Waals surface area contributed by atoms with Crippen LogP contribution in [0.15, 0.2) is 41.8 Å². The van der Waals surface area contributed by atoms with E-state index in [2.05, 4.69) is 45.0 Å². The number of benzene rings is 1. The molecule has 0 saturated carbocycles. The van der Waals surface area contributed by atoms with Crippen molar-refractivity contribution in [2.75, 3.05) is 45.1 Å². The number of piperazine rings is 1. The Labute approximate surface area is 157 Å². The van der Waals surface area contributed by atoms with Gasteiger partial charge in [0.15, 0.2) is 0 Å². The second-order valence-corrected chi connectivity index (χ2v) is 7.63. The van der Waals surface area contributed by atoms with Gasteiger partial charge in [0.05, 0.1) is 6.04 Å². The van der Waals surface area contributed by atoms with E-state index < -0.39 is 0 Å². The fraction of sp³-hybridized carbons (Fsp3) is 0.389. The number of rotatable bonds is 5. The second kappa shape index (κ2) is 8.67. The molecule has 2 aromatic rings. The van der Waals surface area contributed by atoms with Gasteiger partial charge in [0.1, 0.15) is 0 Å². The van der Waals surface area contributed by atoms with E-state index in [1.807, 2.05) is 12.1 Å². The molecular formula is C18H23ClN4OS. The molecule has 5 nitrogen and oxygen atoms in total. The zero-order valence-electron chi connectivity index (χ0n) is 14.2. The highest BCUT2D eigenvalue weighted by molar-refractivity contribution is 7.10. The maximum atomic E-state index is 12.2. The number of halogens is 1. The summed E-state index contributed by atoms with van der Waals surface area (Å²) in [5, 5.41) is 8.53. The molecule has 1 atom stereocenters. The van der Waals surface area contributed by atoms with Gasteiger partial charge in [0, 0.05) is 48.3 Å². The van der Waals surface area contributed by atoms with Crippen LogP contribution in [0.25, 0.3) is 0 Å². The van der Waals surface area contributed by atoms with Gasteiger partial charge in [-0.3, -0.25) is 4.90 Å². The minimum absolute atomic E-state index is 0.207. The monoisotopic (exact) mass is 378 g/mol. The van der Waals surface area contributed by atoms with Gasteiger partial charge in [-0.25, -0.2) is 4.79 Å². The maximum absolute atomic E-state index is 12.2. The SMILES string of the molecule is CN1CCN([C@H](CNC(=O)Nc2cccc(Cl)c2)c2cccs2)CC1. The van der Waals surface area contributed by atoms with Gasteiger partial charge in [-0.2, -0.15) is 0 Å². The molecule has 1 aromatic carbocycles. The number of nitrogens with zero attached hydrogens (tertiary/aromatic N) is 2. The number of urea groups is 1. The van der Waals surface area contributed by atoms with Gasteiger partial charge in [0.2, 0.25) is 0 Å². The molecule has 0 aliphatic carbocycles. The van der Waals surface area contributed by atoms with Crippen LogP contribution >= 0.6 is 22.9 Å². The maximum Gasteiger partial charge on any atom is 0.319 e. The van der Waals surface area contributed by atoms with Crippen LogP contribution in [0.5, 0.6) is 0 Å². The summed E-state index contributed by atoms with van der Waals surface area (Å²) < 4.78 is 0. The number of anilines is 1. The molecule has 2 amide bonds. The van der Waals surface area contributed by atoms with Crippen LogP contribution in [-0.2, 0) is 0 Å². The molecule has 7 heteroatoms. The highest BCUT2D eigenvalue weighted by Gasteiger charge is 2.25. The Morgan fingerprint density at radius 2 is 2.04 bits per heavy atom. The lowest BCUT2D eigenvalue weighted by atomic mass is 10.1. The molecule has 1 fully saturated rings. The van der Waals surface area contributed by atoms with E-state index in [-0.39, 0.29) is 12.1 Å². The minimum atomic E-state index is -0.210. The van der Waals surface area contributed by atoms with Crippen molar-refractivity contribution < 1.29 is 4.79 Å².